The summed E-state index contributed by atoms with van der Waals surface area (Å²) in [6, 6.07) is 2.24. The number of aliphatic carboxylic acids is 1. The van der Waals surface area contributed by atoms with E-state index in [0.29, 0.717) is 19.4 Å². The molecule has 1 fully saturated rings. The number of likely N-dealkylation sites (tertiary alicyclic amines) is 1. The van der Waals surface area contributed by atoms with Gasteiger partial charge in [0.1, 0.15) is 11.8 Å². The SMILES string of the molecule is CC(=O)C(CC(=O)c1ccco1)CC(=O)N1CCC[C@H]1C(=O)O. The maximum Gasteiger partial charge on any atom is 0.326 e. The lowest BCUT2D eigenvalue weighted by Crippen LogP contribution is -2.41. The van der Waals surface area contributed by atoms with Gasteiger partial charge in [0, 0.05) is 25.3 Å². The molecular formula is C16H19NO6. The molecule has 2 rings (SSSR count). The summed E-state index contributed by atoms with van der Waals surface area (Å²) in [7, 11) is 0. The van der Waals surface area contributed by atoms with Gasteiger partial charge in [0.25, 0.3) is 0 Å². The van der Waals surface area contributed by atoms with E-state index < -0.39 is 23.8 Å². The molecule has 1 aromatic rings. The van der Waals surface area contributed by atoms with Crippen LogP contribution in [0.15, 0.2) is 22.8 Å². The number of carboxylic acids is 1. The molecule has 1 aromatic heterocycles. The number of amides is 1. The van der Waals surface area contributed by atoms with Crippen LogP contribution in [0, 0.1) is 5.92 Å². The zero-order chi connectivity index (χ0) is 17.0. The minimum Gasteiger partial charge on any atom is -0.480 e. The van der Waals surface area contributed by atoms with Crippen molar-refractivity contribution in [3.8, 4) is 0 Å². The van der Waals surface area contributed by atoms with E-state index in [1.165, 1.54) is 24.2 Å². The fourth-order valence-electron chi connectivity index (χ4n) is 2.77. The summed E-state index contributed by atoms with van der Waals surface area (Å²) < 4.78 is 5.00. The number of carbonyl (C=O) groups excluding carboxylic acids is 3. The standard InChI is InChI=1S/C16H19NO6/c1-10(18)11(8-13(19)14-5-3-7-23-14)9-15(20)17-6-2-4-12(17)16(21)22/h3,5,7,11-12H,2,4,6,8-9H2,1H3,(H,21,22)/t11?,12-/m0/s1. The number of carboxylic acid groups (broad SMARTS) is 1. The Morgan fingerprint density at radius 2 is 2.09 bits per heavy atom. The Labute approximate surface area is 133 Å². The Morgan fingerprint density at radius 3 is 2.65 bits per heavy atom. The molecule has 2 atom stereocenters. The van der Waals surface area contributed by atoms with Crippen LogP contribution >= 0.6 is 0 Å². The Morgan fingerprint density at radius 1 is 1.35 bits per heavy atom. The smallest absolute Gasteiger partial charge is 0.326 e. The molecule has 1 unspecified atom stereocenters. The monoisotopic (exact) mass is 321 g/mol. The predicted molar refractivity (Wildman–Crippen MR) is 78.8 cm³/mol. The number of hydrogen-bond donors (Lipinski definition) is 1. The molecule has 1 saturated heterocycles. The predicted octanol–water partition coefficient (Wildman–Crippen LogP) is 1.52. The van der Waals surface area contributed by atoms with Crippen LogP contribution in [-0.2, 0) is 14.4 Å². The molecule has 1 aliphatic heterocycles. The molecule has 1 N–H and O–H groups in total. The highest BCUT2D eigenvalue weighted by molar-refractivity contribution is 5.97. The average Bonchev–Trinajstić information content (AvgIpc) is 3.17. The minimum absolute atomic E-state index is 0.125. The van der Waals surface area contributed by atoms with Crippen molar-refractivity contribution >= 4 is 23.4 Å². The van der Waals surface area contributed by atoms with Crippen molar-refractivity contribution in [1.82, 2.24) is 4.90 Å². The summed E-state index contributed by atoms with van der Waals surface area (Å²) in [5, 5.41) is 9.12. The van der Waals surface area contributed by atoms with E-state index >= 15 is 0 Å². The highest BCUT2D eigenvalue weighted by atomic mass is 16.4. The highest BCUT2D eigenvalue weighted by Gasteiger charge is 2.35. The van der Waals surface area contributed by atoms with Gasteiger partial charge in [0.2, 0.25) is 5.91 Å². The van der Waals surface area contributed by atoms with E-state index in [-0.39, 0.29) is 30.2 Å². The quantitative estimate of drug-likeness (QED) is 0.763. The summed E-state index contributed by atoms with van der Waals surface area (Å²) in [4.78, 5) is 48.5. The number of furan rings is 1. The van der Waals surface area contributed by atoms with Crippen molar-refractivity contribution in [2.75, 3.05) is 6.54 Å². The second kappa shape index (κ2) is 7.21. The van der Waals surface area contributed by atoms with E-state index in [2.05, 4.69) is 0 Å². The average molecular weight is 321 g/mol. The first kappa shape index (κ1) is 16.9. The van der Waals surface area contributed by atoms with Crippen molar-refractivity contribution in [2.45, 2.75) is 38.6 Å². The van der Waals surface area contributed by atoms with Gasteiger partial charge in [0.15, 0.2) is 11.5 Å². The molecule has 7 nitrogen and oxygen atoms in total. The van der Waals surface area contributed by atoms with Crippen LogP contribution in [0.2, 0.25) is 0 Å². The van der Waals surface area contributed by atoms with Crippen molar-refractivity contribution in [2.24, 2.45) is 5.92 Å². The third-order valence-corrected chi connectivity index (χ3v) is 4.08. The van der Waals surface area contributed by atoms with E-state index in [1.807, 2.05) is 0 Å². The Hall–Kier alpha value is -2.44. The van der Waals surface area contributed by atoms with Gasteiger partial charge in [0.05, 0.1) is 6.26 Å². The van der Waals surface area contributed by atoms with Gasteiger partial charge >= 0.3 is 5.97 Å². The lowest BCUT2D eigenvalue weighted by Gasteiger charge is -2.23. The molecule has 7 heteroatoms. The second-order valence-electron chi connectivity index (χ2n) is 5.70. The molecule has 1 aliphatic rings. The first-order chi connectivity index (χ1) is 10.9. The molecule has 0 bridgehead atoms. The van der Waals surface area contributed by atoms with Gasteiger partial charge in [-0.15, -0.1) is 0 Å². The fourth-order valence-corrected chi connectivity index (χ4v) is 2.77. The molecule has 0 aliphatic carbocycles. The maximum atomic E-state index is 12.3. The van der Waals surface area contributed by atoms with Gasteiger partial charge in [-0.2, -0.15) is 0 Å². The van der Waals surface area contributed by atoms with E-state index in [4.69, 9.17) is 9.52 Å². The van der Waals surface area contributed by atoms with Crippen LogP contribution < -0.4 is 0 Å². The molecule has 2 heterocycles. The number of hydrogen-bond acceptors (Lipinski definition) is 5. The van der Waals surface area contributed by atoms with Gasteiger partial charge in [-0.05, 0) is 31.9 Å². The number of rotatable bonds is 7. The van der Waals surface area contributed by atoms with E-state index in [9.17, 15) is 19.2 Å². The first-order valence-corrected chi connectivity index (χ1v) is 7.49. The summed E-state index contributed by atoms with van der Waals surface area (Å²) in [6.07, 6.45) is 2.12. The molecule has 0 aromatic carbocycles. The Bertz CT molecular complexity index is 606. The van der Waals surface area contributed by atoms with Crippen LogP contribution in [0.5, 0.6) is 0 Å². The number of carbonyl (C=O) groups is 4. The van der Waals surface area contributed by atoms with Gasteiger partial charge in [-0.1, -0.05) is 0 Å². The van der Waals surface area contributed by atoms with Crippen LogP contribution in [0.1, 0.15) is 43.2 Å². The second-order valence-corrected chi connectivity index (χ2v) is 5.70. The molecule has 0 saturated carbocycles. The molecule has 1 amide bonds. The summed E-state index contributed by atoms with van der Waals surface area (Å²) in [5.74, 6) is -2.68. The lowest BCUT2D eigenvalue weighted by atomic mass is 9.93. The first-order valence-electron chi connectivity index (χ1n) is 7.49. The molecule has 0 spiro atoms. The minimum atomic E-state index is -1.04. The summed E-state index contributed by atoms with van der Waals surface area (Å²) in [5.41, 5.74) is 0. The van der Waals surface area contributed by atoms with Crippen LogP contribution in [0.3, 0.4) is 0 Å². The topological polar surface area (TPSA) is 105 Å². The van der Waals surface area contributed by atoms with Crippen molar-refractivity contribution < 1.29 is 28.7 Å². The third kappa shape index (κ3) is 4.06. The number of nitrogens with zero attached hydrogens (tertiary/aromatic N) is 1. The zero-order valence-corrected chi connectivity index (χ0v) is 12.9. The highest BCUT2D eigenvalue weighted by Crippen LogP contribution is 2.22. The largest absolute Gasteiger partial charge is 0.480 e. The van der Waals surface area contributed by atoms with Crippen molar-refractivity contribution in [1.29, 1.82) is 0 Å². The van der Waals surface area contributed by atoms with Crippen molar-refractivity contribution in [3.05, 3.63) is 24.2 Å². The number of ketones is 2. The summed E-state index contributed by atoms with van der Waals surface area (Å²) in [6.45, 7) is 1.69. The van der Waals surface area contributed by atoms with Gasteiger partial charge in [-0.3, -0.25) is 14.4 Å². The van der Waals surface area contributed by atoms with Crippen LogP contribution in [0.25, 0.3) is 0 Å². The molecular weight excluding hydrogens is 302 g/mol. The fraction of sp³-hybridized carbons (Fsp3) is 0.500. The van der Waals surface area contributed by atoms with Gasteiger partial charge < -0.3 is 14.4 Å². The number of Topliss-reactive ketones (excluding diaryl/α,β-unsaturated/α-hetero) is 2. The molecule has 124 valence electrons. The normalized spacial score (nSPS) is 18.7. The van der Waals surface area contributed by atoms with E-state index in [0.717, 1.165) is 0 Å². The van der Waals surface area contributed by atoms with E-state index in [1.54, 1.807) is 6.07 Å². The molecule has 0 radical (unpaired) electrons. The zero-order valence-electron chi connectivity index (χ0n) is 12.9. The Balaban J connectivity index is 2.01. The van der Waals surface area contributed by atoms with Crippen LogP contribution in [-0.4, -0.2) is 46.0 Å². The van der Waals surface area contributed by atoms with Crippen molar-refractivity contribution in [3.63, 3.8) is 0 Å². The van der Waals surface area contributed by atoms with Crippen LogP contribution in [0.4, 0.5) is 0 Å². The lowest BCUT2D eigenvalue weighted by molar-refractivity contribution is -0.148. The molecule has 23 heavy (non-hydrogen) atoms. The van der Waals surface area contributed by atoms with Gasteiger partial charge in [-0.25, -0.2) is 4.79 Å². The summed E-state index contributed by atoms with van der Waals surface area (Å²) >= 11 is 0. The maximum absolute atomic E-state index is 12.3. The third-order valence-electron chi connectivity index (χ3n) is 4.08. The Kier molecular flexibility index (Phi) is 5.31.